The van der Waals surface area contributed by atoms with Gasteiger partial charge in [-0.25, -0.2) is 0 Å². The van der Waals surface area contributed by atoms with E-state index in [0.29, 0.717) is 11.3 Å². The summed E-state index contributed by atoms with van der Waals surface area (Å²) in [4.78, 5) is 31.8. The van der Waals surface area contributed by atoms with Gasteiger partial charge >= 0.3 is 0 Å². The number of aromatic nitrogens is 1. The Morgan fingerprint density at radius 2 is 1.57 bits per heavy atom. The minimum atomic E-state index is -0.785. The molecule has 6 rings (SSSR count). The average molecular weight is 459 g/mol. The number of carbonyl (C=O) groups is 2. The predicted octanol–water partition coefficient (Wildman–Crippen LogP) is 6.26. The second-order valence-corrected chi connectivity index (χ2v) is 8.82. The Labute approximate surface area is 201 Å². The molecule has 1 atom stereocenters. The van der Waals surface area contributed by atoms with Crippen LogP contribution in [0.3, 0.4) is 0 Å². The number of nitrogens with one attached hydrogen (secondary N) is 1. The van der Waals surface area contributed by atoms with Gasteiger partial charge in [-0.15, -0.1) is 0 Å². The Morgan fingerprint density at radius 1 is 0.857 bits per heavy atom. The number of benzene rings is 4. The van der Waals surface area contributed by atoms with Crippen LogP contribution in [0.2, 0.25) is 0 Å². The summed E-state index contributed by atoms with van der Waals surface area (Å²) >= 11 is 0. The summed E-state index contributed by atoms with van der Waals surface area (Å²) in [5.41, 5.74) is 3.83. The molecular weight excluding hydrogens is 436 g/mol. The Kier molecular flexibility index (Phi) is 4.78. The van der Waals surface area contributed by atoms with Crippen LogP contribution in [0.1, 0.15) is 22.7 Å². The number of fused-ring (bicyclic) bond motifs is 2. The van der Waals surface area contributed by atoms with Gasteiger partial charge in [-0.2, -0.15) is 0 Å². The van der Waals surface area contributed by atoms with Gasteiger partial charge in [0.25, 0.3) is 11.7 Å². The molecule has 1 aromatic heterocycles. The number of hydrogen-bond donors (Lipinski definition) is 2. The predicted molar refractivity (Wildman–Crippen MR) is 138 cm³/mol. The number of ketones is 1. The van der Waals surface area contributed by atoms with Crippen LogP contribution < -0.4 is 4.90 Å². The molecule has 5 heteroatoms. The number of carbonyl (C=O) groups excluding carboxylic acids is 2. The molecular formula is C30H22N2O3. The molecule has 1 saturated heterocycles. The van der Waals surface area contributed by atoms with Crippen LogP contribution in [0.25, 0.3) is 27.4 Å². The molecule has 1 amide bonds. The minimum absolute atomic E-state index is 0.0811. The molecule has 170 valence electrons. The number of H-pyrrole nitrogens is 1. The summed E-state index contributed by atoms with van der Waals surface area (Å²) in [6, 6.07) is 27.7. The Morgan fingerprint density at radius 3 is 2.40 bits per heavy atom. The lowest BCUT2D eigenvalue weighted by atomic mass is 9.93. The van der Waals surface area contributed by atoms with Crippen molar-refractivity contribution in [3.63, 3.8) is 0 Å². The molecule has 2 heterocycles. The highest BCUT2D eigenvalue weighted by Gasteiger charge is 2.47. The molecule has 0 saturated carbocycles. The largest absolute Gasteiger partial charge is 0.507 e. The molecule has 4 aromatic carbocycles. The zero-order valence-corrected chi connectivity index (χ0v) is 19.0. The minimum Gasteiger partial charge on any atom is -0.507 e. The number of aliphatic hydroxyl groups is 1. The SMILES string of the molecule is Cc1cccc(N2C(=O)C(=O)/C(=C(/O)c3cccc4ccccc34)C2c2c[nH]c3ccccc23)c1. The second-order valence-electron chi connectivity index (χ2n) is 8.82. The van der Waals surface area contributed by atoms with Crippen molar-refractivity contribution in [1.82, 2.24) is 4.98 Å². The molecule has 2 N–H and O–H groups in total. The lowest BCUT2D eigenvalue weighted by Gasteiger charge is -2.25. The third-order valence-corrected chi connectivity index (χ3v) is 6.68. The van der Waals surface area contributed by atoms with Crippen LogP contribution in [0.4, 0.5) is 5.69 Å². The summed E-state index contributed by atoms with van der Waals surface area (Å²) in [5, 5.41) is 14.3. The van der Waals surface area contributed by atoms with E-state index in [0.717, 1.165) is 32.8 Å². The molecule has 0 aliphatic carbocycles. The highest BCUT2D eigenvalue weighted by molar-refractivity contribution is 6.52. The summed E-state index contributed by atoms with van der Waals surface area (Å²) in [7, 11) is 0. The number of aryl methyl sites for hydroxylation is 1. The Balaban J connectivity index is 1.66. The standard InChI is InChI=1S/C30H22N2O3/c1-18-8-6-11-20(16-18)32-27(24-17-31-25-15-5-4-13-22(24)25)26(29(34)30(32)35)28(33)23-14-7-10-19-9-2-3-12-21(19)23/h2-17,27,31,33H,1H3/b28-26+. The van der Waals surface area contributed by atoms with Crippen LogP contribution in [-0.4, -0.2) is 21.8 Å². The van der Waals surface area contributed by atoms with E-state index < -0.39 is 17.7 Å². The van der Waals surface area contributed by atoms with Crippen molar-refractivity contribution in [1.29, 1.82) is 0 Å². The Bertz CT molecular complexity index is 1670. The van der Waals surface area contributed by atoms with Crippen molar-refractivity contribution in [2.75, 3.05) is 4.90 Å². The first-order chi connectivity index (χ1) is 17.0. The van der Waals surface area contributed by atoms with Gasteiger partial charge in [0, 0.05) is 33.9 Å². The van der Waals surface area contributed by atoms with E-state index in [9.17, 15) is 14.7 Å². The summed E-state index contributed by atoms with van der Waals surface area (Å²) in [5.74, 6) is -1.54. The maximum atomic E-state index is 13.5. The molecule has 0 bridgehead atoms. The fraction of sp³-hybridized carbons (Fsp3) is 0.0667. The van der Waals surface area contributed by atoms with Crippen LogP contribution in [0, 0.1) is 6.92 Å². The molecule has 35 heavy (non-hydrogen) atoms. The third kappa shape index (κ3) is 3.24. The number of para-hydroxylation sites is 1. The molecule has 0 spiro atoms. The van der Waals surface area contributed by atoms with E-state index in [1.54, 1.807) is 6.07 Å². The number of nitrogens with zero attached hydrogens (tertiary/aromatic N) is 1. The van der Waals surface area contributed by atoms with Gasteiger partial charge in [-0.1, -0.05) is 72.8 Å². The van der Waals surface area contributed by atoms with Crippen molar-refractivity contribution >= 4 is 44.8 Å². The van der Waals surface area contributed by atoms with E-state index in [4.69, 9.17) is 0 Å². The van der Waals surface area contributed by atoms with Crippen LogP contribution >= 0.6 is 0 Å². The number of amides is 1. The first-order valence-corrected chi connectivity index (χ1v) is 11.5. The van der Waals surface area contributed by atoms with Crippen molar-refractivity contribution in [3.05, 3.63) is 119 Å². The van der Waals surface area contributed by atoms with E-state index in [-0.39, 0.29) is 11.3 Å². The number of hydrogen-bond acceptors (Lipinski definition) is 3. The van der Waals surface area contributed by atoms with Crippen LogP contribution in [0.5, 0.6) is 0 Å². The number of rotatable bonds is 3. The topological polar surface area (TPSA) is 73.4 Å². The first kappa shape index (κ1) is 20.9. The van der Waals surface area contributed by atoms with Gasteiger partial charge in [-0.05, 0) is 41.5 Å². The lowest BCUT2D eigenvalue weighted by Crippen LogP contribution is -2.29. The quantitative estimate of drug-likeness (QED) is 0.190. The number of anilines is 1. The van der Waals surface area contributed by atoms with Crippen molar-refractivity contribution in [2.45, 2.75) is 13.0 Å². The number of aliphatic hydroxyl groups excluding tert-OH is 1. The third-order valence-electron chi connectivity index (χ3n) is 6.68. The lowest BCUT2D eigenvalue weighted by molar-refractivity contribution is -0.132. The monoisotopic (exact) mass is 458 g/mol. The molecule has 5 aromatic rings. The molecule has 0 radical (unpaired) electrons. The van der Waals surface area contributed by atoms with Crippen molar-refractivity contribution in [3.8, 4) is 0 Å². The smallest absolute Gasteiger partial charge is 0.300 e. The summed E-state index contributed by atoms with van der Waals surface area (Å²) in [6.07, 6.45) is 1.82. The second kappa shape index (κ2) is 7.99. The molecule has 1 aliphatic rings. The van der Waals surface area contributed by atoms with Gasteiger partial charge in [0.1, 0.15) is 5.76 Å². The number of Topliss-reactive ketones (excluding diaryl/α,β-unsaturated/α-hetero) is 1. The number of aromatic amines is 1. The van der Waals surface area contributed by atoms with Gasteiger partial charge in [0.2, 0.25) is 0 Å². The maximum Gasteiger partial charge on any atom is 0.300 e. The van der Waals surface area contributed by atoms with Gasteiger partial charge in [0.05, 0.1) is 11.6 Å². The van der Waals surface area contributed by atoms with Crippen molar-refractivity contribution in [2.24, 2.45) is 0 Å². The molecule has 1 fully saturated rings. The van der Waals surface area contributed by atoms with Gasteiger partial charge < -0.3 is 10.1 Å². The van der Waals surface area contributed by atoms with E-state index in [2.05, 4.69) is 4.98 Å². The molecule has 5 nitrogen and oxygen atoms in total. The van der Waals surface area contributed by atoms with E-state index >= 15 is 0 Å². The summed E-state index contributed by atoms with van der Waals surface area (Å²) < 4.78 is 0. The van der Waals surface area contributed by atoms with Crippen molar-refractivity contribution < 1.29 is 14.7 Å². The van der Waals surface area contributed by atoms with Gasteiger partial charge in [-0.3, -0.25) is 14.5 Å². The normalized spacial score (nSPS) is 17.5. The molecule has 1 unspecified atom stereocenters. The Hall–Kier alpha value is -4.64. The highest BCUT2D eigenvalue weighted by atomic mass is 16.3. The maximum absolute atomic E-state index is 13.5. The van der Waals surface area contributed by atoms with E-state index in [1.165, 1.54) is 4.90 Å². The zero-order chi connectivity index (χ0) is 24.1. The van der Waals surface area contributed by atoms with Gasteiger partial charge in [0.15, 0.2) is 0 Å². The summed E-state index contributed by atoms with van der Waals surface area (Å²) in [6.45, 7) is 1.94. The average Bonchev–Trinajstić information content (AvgIpc) is 3.41. The fourth-order valence-corrected chi connectivity index (χ4v) is 5.07. The molecule has 1 aliphatic heterocycles. The van der Waals surface area contributed by atoms with E-state index in [1.807, 2.05) is 98.0 Å². The highest BCUT2D eigenvalue weighted by Crippen LogP contribution is 2.44. The zero-order valence-electron chi connectivity index (χ0n) is 19.0. The fourth-order valence-electron chi connectivity index (χ4n) is 5.07. The van der Waals surface area contributed by atoms with Crippen LogP contribution in [0.15, 0.2) is 103 Å². The first-order valence-electron chi connectivity index (χ1n) is 11.5. The van der Waals surface area contributed by atoms with Crippen LogP contribution in [-0.2, 0) is 9.59 Å².